The number of nitrogens with one attached hydrogen (secondary N) is 2. The summed E-state index contributed by atoms with van der Waals surface area (Å²) in [4.78, 5) is 25.8. The molecule has 2 fully saturated rings. The fraction of sp³-hybridized carbons (Fsp3) is 0.762. The number of carbonyl (C=O) groups excluding carboxylic acids is 1. The molecule has 2 unspecified atom stereocenters. The number of hydrogen-bond donors (Lipinski definition) is 2. The van der Waals surface area contributed by atoms with Crippen molar-refractivity contribution in [3.8, 4) is 0 Å². The average Bonchev–Trinajstić information content (AvgIpc) is 2.67. The highest BCUT2D eigenvalue weighted by atomic mass is 16.2. The molecule has 1 aromatic rings. The van der Waals surface area contributed by atoms with E-state index in [4.69, 9.17) is 0 Å². The van der Waals surface area contributed by atoms with Crippen molar-refractivity contribution in [1.29, 1.82) is 0 Å². The monoisotopic (exact) mass is 388 g/mol. The third kappa shape index (κ3) is 5.56. The van der Waals surface area contributed by atoms with Crippen LogP contribution in [0, 0.1) is 11.8 Å². The Morgan fingerprint density at radius 1 is 1.14 bits per heavy atom. The highest BCUT2D eigenvalue weighted by Crippen LogP contribution is 2.26. The van der Waals surface area contributed by atoms with Crippen LogP contribution in [0.15, 0.2) is 18.5 Å². The lowest BCUT2D eigenvalue weighted by Gasteiger charge is -2.45. The van der Waals surface area contributed by atoms with E-state index in [9.17, 15) is 4.79 Å². The van der Waals surface area contributed by atoms with E-state index in [0.717, 1.165) is 56.8 Å². The van der Waals surface area contributed by atoms with E-state index in [1.54, 1.807) is 12.4 Å². The van der Waals surface area contributed by atoms with E-state index in [1.807, 2.05) is 6.07 Å². The Bertz CT molecular complexity index is 619. The molecule has 1 aromatic heterocycles. The Morgan fingerprint density at radius 2 is 1.75 bits per heavy atom. The number of amides is 2. The molecule has 0 radical (unpaired) electrons. The predicted molar refractivity (Wildman–Crippen MR) is 112 cm³/mol. The SMILES string of the molecule is CC1CC(C)CN(C(C)(C)CNC(=O)NC2CCN(c3ncccn3)CC2)C1. The van der Waals surface area contributed by atoms with Gasteiger partial charge in [0, 0.05) is 56.7 Å². The summed E-state index contributed by atoms with van der Waals surface area (Å²) in [7, 11) is 0. The molecule has 2 aliphatic heterocycles. The molecule has 0 aliphatic carbocycles. The minimum Gasteiger partial charge on any atom is -0.341 e. The molecular weight excluding hydrogens is 352 g/mol. The Labute approximate surface area is 169 Å². The minimum absolute atomic E-state index is 0.0334. The van der Waals surface area contributed by atoms with Crippen molar-refractivity contribution in [3.63, 3.8) is 0 Å². The fourth-order valence-electron chi connectivity index (χ4n) is 4.48. The Kier molecular flexibility index (Phi) is 6.75. The van der Waals surface area contributed by atoms with Crippen LogP contribution in [0.25, 0.3) is 0 Å². The molecule has 3 rings (SSSR count). The first kappa shape index (κ1) is 20.8. The zero-order valence-corrected chi connectivity index (χ0v) is 17.8. The van der Waals surface area contributed by atoms with Gasteiger partial charge in [0.2, 0.25) is 5.95 Å². The maximum atomic E-state index is 12.4. The summed E-state index contributed by atoms with van der Waals surface area (Å²) < 4.78 is 0. The number of rotatable bonds is 5. The van der Waals surface area contributed by atoms with Crippen LogP contribution in [-0.2, 0) is 0 Å². The standard InChI is InChI=1S/C21H36N6O/c1-16-12-17(2)14-27(13-16)21(3,4)15-24-20(28)25-18-6-10-26(11-7-18)19-22-8-5-9-23-19/h5,8-9,16-18H,6-7,10-15H2,1-4H3,(H2,24,25,28). The van der Waals surface area contributed by atoms with Crippen molar-refractivity contribution in [3.05, 3.63) is 18.5 Å². The molecular formula is C21H36N6O. The van der Waals surface area contributed by atoms with E-state index in [-0.39, 0.29) is 17.6 Å². The van der Waals surface area contributed by atoms with Crippen LogP contribution in [0.5, 0.6) is 0 Å². The molecule has 0 aromatic carbocycles. The first-order valence-electron chi connectivity index (χ1n) is 10.6. The number of nitrogens with zero attached hydrogens (tertiary/aromatic N) is 4. The molecule has 7 nitrogen and oxygen atoms in total. The highest BCUT2D eigenvalue weighted by Gasteiger charge is 2.33. The summed E-state index contributed by atoms with van der Waals surface area (Å²) in [5.74, 6) is 2.21. The van der Waals surface area contributed by atoms with Gasteiger partial charge in [0.25, 0.3) is 0 Å². The third-order valence-electron chi connectivity index (χ3n) is 6.07. The van der Waals surface area contributed by atoms with E-state index in [0.29, 0.717) is 6.54 Å². The number of urea groups is 1. The van der Waals surface area contributed by atoms with Crippen LogP contribution in [0.1, 0.15) is 47.0 Å². The van der Waals surface area contributed by atoms with E-state index >= 15 is 0 Å². The number of piperidine rings is 2. The number of likely N-dealkylation sites (tertiary alicyclic amines) is 1. The van der Waals surface area contributed by atoms with Crippen molar-refractivity contribution in [1.82, 2.24) is 25.5 Å². The molecule has 7 heteroatoms. The van der Waals surface area contributed by atoms with Crippen molar-refractivity contribution in [2.45, 2.75) is 58.5 Å². The molecule has 3 heterocycles. The molecule has 2 aliphatic rings. The highest BCUT2D eigenvalue weighted by molar-refractivity contribution is 5.74. The van der Waals surface area contributed by atoms with Crippen LogP contribution in [0.2, 0.25) is 0 Å². The van der Waals surface area contributed by atoms with Crippen molar-refractivity contribution in [2.75, 3.05) is 37.6 Å². The summed E-state index contributed by atoms with van der Waals surface area (Å²) in [6.45, 7) is 13.7. The van der Waals surface area contributed by atoms with Crippen LogP contribution >= 0.6 is 0 Å². The maximum Gasteiger partial charge on any atom is 0.315 e. The Balaban J connectivity index is 1.41. The minimum atomic E-state index is -0.0550. The first-order chi connectivity index (χ1) is 13.3. The number of aromatic nitrogens is 2. The van der Waals surface area contributed by atoms with Gasteiger partial charge >= 0.3 is 6.03 Å². The second-order valence-electron chi connectivity index (χ2n) is 9.30. The second kappa shape index (κ2) is 9.07. The van der Waals surface area contributed by atoms with Gasteiger partial charge in [-0.2, -0.15) is 0 Å². The van der Waals surface area contributed by atoms with E-state index < -0.39 is 0 Å². The van der Waals surface area contributed by atoms with Gasteiger partial charge in [0.1, 0.15) is 0 Å². The van der Waals surface area contributed by atoms with Gasteiger partial charge in [-0.3, -0.25) is 4.90 Å². The second-order valence-corrected chi connectivity index (χ2v) is 9.30. The zero-order chi connectivity index (χ0) is 20.1. The summed E-state index contributed by atoms with van der Waals surface area (Å²) in [5.41, 5.74) is -0.0334. The van der Waals surface area contributed by atoms with Gasteiger partial charge in [-0.1, -0.05) is 13.8 Å². The Morgan fingerprint density at radius 3 is 2.36 bits per heavy atom. The van der Waals surface area contributed by atoms with Crippen molar-refractivity contribution >= 4 is 12.0 Å². The molecule has 0 spiro atoms. The molecule has 0 bridgehead atoms. The quantitative estimate of drug-likeness (QED) is 0.811. The van der Waals surface area contributed by atoms with E-state index in [1.165, 1.54) is 6.42 Å². The zero-order valence-electron chi connectivity index (χ0n) is 17.8. The predicted octanol–water partition coefficient (Wildman–Crippen LogP) is 2.50. The third-order valence-corrected chi connectivity index (χ3v) is 6.07. The molecule has 0 saturated carbocycles. The summed E-state index contributed by atoms with van der Waals surface area (Å²) >= 11 is 0. The van der Waals surface area contributed by atoms with Gasteiger partial charge < -0.3 is 15.5 Å². The molecule has 156 valence electrons. The molecule has 28 heavy (non-hydrogen) atoms. The molecule has 2 amide bonds. The van der Waals surface area contributed by atoms with Gasteiger partial charge in [0.05, 0.1) is 0 Å². The lowest BCUT2D eigenvalue weighted by molar-refractivity contribution is 0.0472. The van der Waals surface area contributed by atoms with E-state index in [2.05, 4.69) is 58.1 Å². The topological polar surface area (TPSA) is 73.4 Å². The summed E-state index contributed by atoms with van der Waals surface area (Å²) in [6.07, 6.45) is 6.66. The summed E-state index contributed by atoms with van der Waals surface area (Å²) in [5, 5.41) is 6.26. The van der Waals surface area contributed by atoms with Gasteiger partial charge in [-0.25, -0.2) is 14.8 Å². The van der Waals surface area contributed by atoms with Crippen molar-refractivity contribution < 1.29 is 4.79 Å². The maximum absolute atomic E-state index is 12.4. The number of hydrogen-bond acceptors (Lipinski definition) is 5. The van der Waals surface area contributed by atoms with Crippen LogP contribution in [0.3, 0.4) is 0 Å². The fourth-order valence-corrected chi connectivity index (χ4v) is 4.48. The van der Waals surface area contributed by atoms with Gasteiger partial charge in [0.15, 0.2) is 0 Å². The average molecular weight is 389 g/mol. The van der Waals surface area contributed by atoms with Crippen LogP contribution < -0.4 is 15.5 Å². The normalized spacial score (nSPS) is 24.8. The largest absolute Gasteiger partial charge is 0.341 e. The molecule has 2 saturated heterocycles. The van der Waals surface area contributed by atoms with Gasteiger partial charge in [-0.15, -0.1) is 0 Å². The first-order valence-corrected chi connectivity index (χ1v) is 10.6. The number of anilines is 1. The molecule has 2 N–H and O–H groups in total. The van der Waals surface area contributed by atoms with Gasteiger partial charge in [-0.05, 0) is 51.0 Å². The van der Waals surface area contributed by atoms with Crippen molar-refractivity contribution in [2.24, 2.45) is 11.8 Å². The van der Waals surface area contributed by atoms with Crippen LogP contribution in [0.4, 0.5) is 10.7 Å². The lowest BCUT2D eigenvalue weighted by Crippen LogP contribution is -2.57. The number of carbonyl (C=O) groups is 1. The summed E-state index contributed by atoms with van der Waals surface area (Å²) in [6, 6.07) is 1.98. The smallest absolute Gasteiger partial charge is 0.315 e. The lowest BCUT2D eigenvalue weighted by atomic mass is 9.88. The Hall–Kier alpha value is -1.89. The molecule has 2 atom stereocenters. The van der Waals surface area contributed by atoms with Crippen LogP contribution in [-0.4, -0.2) is 65.2 Å².